The lowest BCUT2D eigenvalue weighted by atomic mass is 10.3. The Hall–Kier alpha value is -3.07. The quantitative estimate of drug-likeness (QED) is 0.497. The number of rotatable bonds is 5. The van der Waals surface area contributed by atoms with E-state index in [4.69, 9.17) is 9.15 Å². The van der Waals surface area contributed by atoms with E-state index in [1.165, 1.54) is 18.2 Å². The van der Waals surface area contributed by atoms with Gasteiger partial charge in [-0.3, -0.25) is 14.9 Å². The summed E-state index contributed by atoms with van der Waals surface area (Å²) in [5, 5.41) is 13.7. The van der Waals surface area contributed by atoms with Gasteiger partial charge in [0.25, 0.3) is 5.91 Å². The zero-order chi connectivity index (χ0) is 17.8. The van der Waals surface area contributed by atoms with E-state index in [2.05, 4.69) is 10.3 Å². The van der Waals surface area contributed by atoms with Crippen LogP contribution in [0.2, 0.25) is 0 Å². The molecule has 3 rings (SSSR count). The molecule has 25 heavy (non-hydrogen) atoms. The molecule has 2 aromatic rings. The van der Waals surface area contributed by atoms with E-state index in [1.807, 2.05) is 6.92 Å². The van der Waals surface area contributed by atoms with Gasteiger partial charge in [-0.1, -0.05) is 0 Å². The van der Waals surface area contributed by atoms with Crippen molar-refractivity contribution >= 4 is 40.5 Å². The number of amides is 1. The van der Waals surface area contributed by atoms with E-state index < -0.39 is 4.92 Å². The molecule has 1 aromatic heterocycles. The fourth-order valence-electron chi connectivity index (χ4n) is 2.03. The number of carbonyl (C=O) groups excluding carboxylic acids is 1. The SMILES string of the molecule is CCOc1ccc(N=C2NC(=O)/C(=C/c3ccc([N+](=O)[O-])o3)S2)cc1. The van der Waals surface area contributed by atoms with Crippen LogP contribution in [0.3, 0.4) is 0 Å². The summed E-state index contributed by atoms with van der Waals surface area (Å²) in [6.07, 6.45) is 1.44. The third-order valence-corrected chi connectivity index (χ3v) is 4.01. The van der Waals surface area contributed by atoms with Gasteiger partial charge in [0.15, 0.2) is 5.17 Å². The maximum Gasteiger partial charge on any atom is 0.433 e. The van der Waals surface area contributed by atoms with Crippen molar-refractivity contribution in [2.24, 2.45) is 4.99 Å². The molecule has 128 valence electrons. The van der Waals surface area contributed by atoms with Gasteiger partial charge in [-0.15, -0.1) is 0 Å². The first-order chi connectivity index (χ1) is 12.0. The van der Waals surface area contributed by atoms with Gasteiger partial charge in [-0.2, -0.15) is 0 Å². The van der Waals surface area contributed by atoms with Crippen LogP contribution in [-0.2, 0) is 4.79 Å². The number of furan rings is 1. The van der Waals surface area contributed by atoms with Crippen molar-refractivity contribution in [3.05, 3.63) is 57.2 Å². The van der Waals surface area contributed by atoms with Crippen molar-refractivity contribution in [2.45, 2.75) is 6.92 Å². The summed E-state index contributed by atoms with van der Waals surface area (Å²) in [6.45, 7) is 2.49. The number of amidine groups is 1. The van der Waals surface area contributed by atoms with Gasteiger partial charge in [-0.05, 0) is 49.0 Å². The second-order valence-corrected chi connectivity index (χ2v) is 5.87. The van der Waals surface area contributed by atoms with Crippen molar-refractivity contribution in [3.8, 4) is 5.75 Å². The van der Waals surface area contributed by atoms with E-state index in [-0.39, 0.29) is 17.6 Å². The molecule has 0 spiro atoms. The average Bonchev–Trinajstić information content (AvgIpc) is 3.17. The second kappa shape index (κ2) is 7.22. The summed E-state index contributed by atoms with van der Waals surface area (Å²) >= 11 is 1.13. The number of hydrogen-bond acceptors (Lipinski definition) is 7. The molecule has 1 aliphatic heterocycles. The Balaban J connectivity index is 1.74. The van der Waals surface area contributed by atoms with Crippen molar-refractivity contribution in [1.82, 2.24) is 5.32 Å². The van der Waals surface area contributed by atoms with Crippen LogP contribution < -0.4 is 10.1 Å². The number of nitro groups is 1. The van der Waals surface area contributed by atoms with E-state index in [1.54, 1.807) is 24.3 Å². The summed E-state index contributed by atoms with van der Waals surface area (Å²) in [7, 11) is 0. The fraction of sp³-hybridized carbons (Fsp3) is 0.125. The summed E-state index contributed by atoms with van der Waals surface area (Å²) in [6, 6.07) is 9.82. The molecule has 1 fully saturated rings. The monoisotopic (exact) mass is 359 g/mol. The highest BCUT2D eigenvalue weighted by Gasteiger charge is 2.24. The van der Waals surface area contributed by atoms with Crippen LogP contribution in [0.25, 0.3) is 6.08 Å². The number of nitrogens with one attached hydrogen (secondary N) is 1. The third kappa shape index (κ3) is 4.07. The molecular formula is C16H13N3O5S. The standard InChI is InChI=1S/C16H13N3O5S/c1-2-23-11-5-3-10(4-6-11)17-16-18-15(20)13(25-16)9-12-7-8-14(24-12)19(21)22/h3-9H,2H2,1H3,(H,17,18,20)/b13-9-. The second-order valence-electron chi connectivity index (χ2n) is 4.84. The van der Waals surface area contributed by atoms with Crippen molar-refractivity contribution < 1.29 is 18.9 Å². The van der Waals surface area contributed by atoms with E-state index >= 15 is 0 Å². The highest BCUT2D eigenvalue weighted by Crippen LogP contribution is 2.29. The Morgan fingerprint density at radius 3 is 2.72 bits per heavy atom. The van der Waals surface area contributed by atoms with Crippen molar-refractivity contribution in [1.29, 1.82) is 0 Å². The number of hydrogen-bond donors (Lipinski definition) is 1. The fourth-order valence-corrected chi connectivity index (χ4v) is 2.85. The maximum atomic E-state index is 12.0. The topological polar surface area (TPSA) is 107 Å². The lowest BCUT2D eigenvalue weighted by Crippen LogP contribution is -2.19. The van der Waals surface area contributed by atoms with Gasteiger partial charge in [0, 0.05) is 6.08 Å². The normalized spacial score (nSPS) is 17.1. The number of nitrogens with zero attached hydrogens (tertiary/aromatic N) is 2. The lowest BCUT2D eigenvalue weighted by molar-refractivity contribution is -0.402. The Bertz CT molecular complexity index is 870. The molecule has 2 heterocycles. The van der Waals surface area contributed by atoms with Crippen LogP contribution in [0.5, 0.6) is 5.75 Å². The van der Waals surface area contributed by atoms with Crippen LogP contribution in [0.4, 0.5) is 11.6 Å². The van der Waals surface area contributed by atoms with Crippen molar-refractivity contribution in [2.75, 3.05) is 6.61 Å². The molecule has 1 N–H and O–H groups in total. The van der Waals surface area contributed by atoms with Crippen LogP contribution in [0, 0.1) is 10.1 Å². The molecular weight excluding hydrogens is 346 g/mol. The molecule has 9 heteroatoms. The van der Waals surface area contributed by atoms with Gasteiger partial charge in [0.05, 0.1) is 23.3 Å². The minimum Gasteiger partial charge on any atom is -0.494 e. The van der Waals surface area contributed by atoms with Crippen LogP contribution in [0.15, 0.2) is 50.7 Å². The molecule has 0 radical (unpaired) electrons. The summed E-state index contributed by atoms with van der Waals surface area (Å²) in [5.74, 6) is 0.258. The Kier molecular flexibility index (Phi) is 4.85. The smallest absolute Gasteiger partial charge is 0.433 e. The first-order valence-electron chi connectivity index (χ1n) is 7.32. The Morgan fingerprint density at radius 1 is 1.32 bits per heavy atom. The third-order valence-electron chi connectivity index (χ3n) is 3.10. The predicted molar refractivity (Wildman–Crippen MR) is 93.8 cm³/mol. The largest absolute Gasteiger partial charge is 0.494 e. The highest BCUT2D eigenvalue weighted by molar-refractivity contribution is 8.18. The summed E-state index contributed by atoms with van der Waals surface area (Å²) in [5.41, 5.74) is 0.668. The van der Waals surface area contributed by atoms with Crippen molar-refractivity contribution in [3.63, 3.8) is 0 Å². The van der Waals surface area contributed by atoms with E-state index in [9.17, 15) is 14.9 Å². The van der Waals surface area contributed by atoms with Gasteiger partial charge < -0.3 is 14.5 Å². The summed E-state index contributed by atoms with van der Waals surface area (Å²) in [4.78, 5) is 26.7. The molecule has 1 amide bonds. The van der Waals surface area contributed by atoms with Crippen LogP contribution >= 0.6 is 11.8 Å². The van der Waals surface area contributed by atoms with E-state index in [0.717, 1.165) is 17.5 Å². The maximum absolute atomic E-state index is 12.0. The molecule has 1 aromatic carbocycles. The molecule has 0 saturated carbocycles. The van der Waals surface area contributed by atoms with Gasteiger partial charge in [0.1, 0.15) is 16.4 Å². The predicted octanol–water partition coefficient (Wildman–Crippen LogP) is 3.48. The zero-order valence-corrected chi connectivity index (χ0v) is 13.9. The van der Waals surface area contributed by atoms with Crippen LogP contribution in [0.1, 0.15) is 12.7 Å². The minimum absolute atomic E-state index is 0.228. The number of carbonyl (C=O) groups is 1. The Morgan fingerprint density at radius 2 is 2.08 bits per heavy atom. The minimum atomic E-state index is -0.636. The molecule has 1 aliphatic rings. The Labute approximate surface area is 146 Å². The molecule has 0 atom stereocenters. The average molecular weight is 359 g/mol. The van der Waals surface area contributed by atoms with Gasteiger partial charge in [-0.25, -0.2) is 4.99 Å². The van der Waals surface area contributed by atoms with Crippen LogP contribution in [-0.4, -0.2) is 22.6 Å². The lowest BCUT2D eigenvalue weighted by Gasteiger charge is -2.02. The van der Waals surface area contributed by atoms with Gasteiger partial charge in [0.2, 0.25) is 0 Å². The number of aliphatic imine (C=N–C) groups is 1. The first kappa shape index (κ1) is 16.8. The molecule has 8 nitrogen and oxygen atoms in total. The number of benzene rings is 1. The first-order valence-corrected chi connectivity index (χ1v) is 8.13. The highest BCUT2D eigenvalue weighted by atomic mass is 32.2. The molecule has 0 unspecified atom stereocenters. The number of thioether (sulfide) groups is 1. The molecule has 0 aliphatic carbocycles. The van der Waals surface area contributed by atoms with E-state index in [0.29, 0.717) is 22.4 Å². The van der Waals surface area contributed by atoms with Gasteiger partial charge >= 0.3 is 5.88 Å². The molecule has 0 bridgehead atoms. The molecule has 1 saturated heterocycles. The zero-order valence-electron chi connectivity index (χ0n) is 13.1. The number of ether oxygens (including phenoxy) is 1. The summed E-state index contributed by atoms with van der Waals surface area (Å²) < 4.78 is 10.4.